The lowest BCUT2D eigenvalue weighted by Gasteiger charge is -2.28. The van der Waals surface area contributed by atoms with Gasteiger partial charge >= 0.3 is 0 Å². The summed E-state index contributed by atoms with van der Waals surface area (Å²) in [6.45, 7) is 3.46. The van der Waals surface area contributed by atoms with E-state index in [1.807, 2.05) is 18.2 Å². The number of ketones is 1. The van der Waals surface area contributed by atoms with Crippen LogP contribution in [0.15, 0.2) is 18.2 Å². The van der Waals surface area contributed by atoms with Crippen molar-refractivity contribution in [1.82, 2.24) is 0 Å². The molecule has 1 aliphatic rings. The van der Waals surface area contributed by atoms with Gasteiger partial charge in [-0.15, -0.1) is 0 Å². The number of benzene rings is 1. The van der Waals surface area contributed by atoms with Crippen LogP contribution >= 0.6 is 0 Å². The van der Waals surface area contributed by atoms with Crippen LogP contribution in [-0.4, -0.2) is 39.4 Å². The van der Waals surface area contributed by atoms with E-state index in [9.17, 15) is 13.2 Å². The van der Waals surface area contributed by atoms with E-state index in [0.29, 0.717) is 17.9 Å². The standard InChI is InChI=1S/C20H30O5S/c1-14(2)26(22,23)13-15-5-8-17(9-6-15)18(21)11-16-7-10-19(24-3)20(12-16)25-4/h7,10,12,14-15,17H,5-6,8-9,11,13H2,1-4H3. The first-order valence-electron chi connectivity index (χ1n) is 9.22. The van der Waals surface area contributed by atoms with Gasteiger partial charge in [-0.3, -0.25) is 4.79 Å². The summed E-state index contributed by atoms with van der Waals surface area (Å²) in [4.78, 5) is 12.6. The minimum absolute atomic E-state index is 0.0288. The predicted octanol–water partition coefficient (Wildman–Crippen LogP) is 3.45. The largest absolute Gasteiger partial charge is 0.493 e. The molecule has 1 aliphatic carbocycles. The molecule has 0 N–H and O–H groups in total. The van der Waals surface area contributed by atoms with Gasteiger partial charge in [-0.25, -0.2) is 8.42 Å². The SMILES string of the molecule is COc1ccc(CC(=O)C2CCC(CS(=O)(=O)C(C)C)CC2)cc1OC. The zero-order chi connectivity index (χ0) is 19.3. The van der Waals surface area contributed by atoms with Crippen molar-refractivity contribution in [3.05, 3.63) is 23.8 Å². The Morgan fingerprint density at radius 1 is 1.08 bits per heavy atom. The third-order valence-electron chi connectivity index (χ3n) is 5.31. The molecule has 0 heterocycles. The van der Waals surface area contributed by atoms with Gasteiger partial charge in [0.25, 0.3) is 0 Å². The van der Waals surface area contributed by atoms with Gasteiger partial charge in [0.1, 0.15) is 5.78 Å². The molecule has 0 aromatic heterocycles. The molecule has 2 rings (SSSR count). The van der Waals surface area contributed by atoms with Crippen LogP contribution in [0.3, 0.4) is 0 Å². The van der Waals surface area contributed by atoms with Gasteiger partial charge in [0.2, 0.25) is 0 Å². The van der Waals surface area contributed by atoms with Crippen LogP contribution in [0, 0.1) is 11.8 Å². The van der Waals surface area contributed by atoms with Crippen LogP contribution in [0.25, 0.3) is 0 Å². The fourth-order valence-electron chi connectivity index (χ4n) is 3.51. The quantitative estimate of drug-likeness (QED) is 0.689. The van der Waals surface area contributed by atoms with E-state index < -0.39 is 9.84 Å². The molecule has 1 saturated carbocycles. The van der Waals surface area contributed by atoms with Gasteiger partial charge in [-0.1, -0.05) is 6.07 Å². The Labute approximate surface area is 157 Å². The van der Waals surface area contributed by atoms with Crippen molar-refractivity contribution in [3.8, 4) is 11.5 Å². The summed E-state index contributed by atoms with van der Waals surface area (Å²) in [5, 5.41) is -0.327. The normalized spacial score (nSPS) is 20.8. The number of hydrogen-bond donors (Lipinski definition) is 0. The summed E-state index contributed by atoms with van der Waals surface area (Å²) in [5.74, 6) is 1.97. The van der Waals surface area contributed by atoms with Gasteiger partial charge in [-0.2, -0.15) is 0 Å². The van der Waals surface area contributed by atoms with E-state index >= 15 is 0 Å². The highest BCUT2D eigenvalue weighted by Crippen LogP contribution is 2.33. The van der Waals surface area contributed by atoms with Gasteiger partial charge < -0.3 is 9.47 Å². The Morgan fingerprint density at radius 3 is 2.23 bits per heavy atom. The van der Waals surface area contributed by atoms with Gasteiger partial charge in [0, 0.05) is 12.3 Å². The molecule has 0 aliphatic heterocycles. The molecular weight excluding hydrogens is 352 g/mol. The van der Waals surface area contributed by atoms with Gasteiger partial charge in [0.05, 0.1) is 25.2 Å². The Hall–Kier alpha value is -1.56. The lowest BCUT2D eigenvalue weighted by atomic mass is 9.79. The molecule has 146 valence electrons. The zero-order valence-corrected chi connectivity index (χ0v) is 17.0. The minimum atomic E-state index is -3.01. The smallest absolute Gasteiger partial charge is 0.161 e. The Balaban J connectivity index is 1.91. The topological polar surface area (TPSA) is 69.7 Å². The molecule has 1 aromatic rings. The molecule has 0 saturated heterocycles. The van der Waals surface area contributed by atoms with Crippen LogP contribution in [0.5, 0.6) is 11.5 Å². The Bertz CT molecular complexity index is 716. The van der Waals surface area contributed by atoms with E-state index in [1.54, 1.807) is 28.1 Å². The predicted molar refractivity (Wildman–Crippen MR) is 103 cm³/mol. The highest BCUT2D eigenvalue weighted by molar-refractivity contribution is 7.91. The van der Waals surface area contributed by atoms with Crippen molar-refractivity contribution in [2.75, 3.05) is 20.0 Å². The number of carbonyl (C=O) groups excluding carboxylic acids is 1. The summed E-state index contributed by atoms with van der Waals surface area (Å²) < 4.78 is 34.7. The van der Waals surface area contributed by atoms with Crippen LogP contribution in [0.1, 0.15) is 45.1 Å². The van der Waals surface area contributed by atoms with Crippen molar-refractivity contribution in [2.45, 2.75) is 51.2 Å². The number of Topliss-reactive ketones (excluding diaryl/α,β-unsaturated/α-hetero) is 1. The van der Waals surface area contributed by atoms with Crippen LogP contribution in [-0.2, 0) is 21.1 Å². The molecule has 0 atom stereocenters. The second kappa shape index (κ2) is 8.89. The molecule has 0 radical (unpaired) electrons. The fourth-order valence-corrected chi connectivity index (χ4v) is 4.88. The second-order valence-corrected chi connectivity index (χ2v) is 10.0. The maximum absolute atomic E-state index is 12.6. The Kier molecular flexibility index (Phi) is 7.09. The van der Waals surface area contributed by atoms with Crippen molar-refractivity contribution in [1.29, 1.82) is 0 Å². The van der Waals surface area contributed by atoms with Crippen molar-refractivity contribution < 1.29 is 22.7 Å². The number of rotatable bonds is 8. The first-order chi connectivity index (χ1) is 12.3. The molecule has 0 amide bonds. The number of hydrogen-bond acceptors (Lipinski definition) is 5. The van der Waals surface area contributed by atoms with Crippen molar-refractivity contribution >= 4 is 15.6 Å². The lowest BCUT2D eigenvalue weighted by Crippen LogP contribution is -2.29. The molecular formula is C20H30O5S. The van der Waals surface area contributed by atoms with E-state index in [1.165, 1.54) is 0 Å². The summed E-state index contributed by atoms with van der Waals surface area (Å²) in [5.41, 5.74) is 0.914. The van der Waals surface area contributed by atoms with E-state index in [2.05, 4.69) is 0 Å². The summed E-state index contributed by atoms with van der Waals surface area (Å²) >= 11 is 0. The molecule has 1 fully saturated rings. The van der Waals surface area contributed by atoms with Gasteiger partial charge in [0.15, 0.2) is 21.3 Å². The van der Waals surface area contributed by atoms with E-state index in [-0.39, 0.29) is 28.6 Å². The average Bonchev–Trinajstić information content (AvgIpc) is 2.61. The maximum atomic E-state index is 12.6. The highest BCUT2D eigenvalue weighted by Gasteiger charge is 2.30. The molecule has 5 nitrogen and oxygen atoms in total. The van der Waals surface area contributed by atoms with E-state index in [4.69, 9.17) is 9.47 Å². The third-order valence-corrected chi connectivity index (χ3v) is 7.69. The highest BCUT2D eigenvalue weighted by atomic mass is 32.2. The molecule has 0 spiro atoms. The maximum Gasteiger partial charge on any atom is 0.161 e. The molecule has 6 heteroatoms. The van der Waals surface area contributed by atoms with Crippen LogP contribution in [0.4, 0.5) is 0 Å². The zero-order valence-electron chi connectivity index (χ0n) is 16.2. The lowest BCUT2D eigenvalue weighted by molar-refractivity contribution is -0.123. The van der Waals surface area contributed by atoms with Crippen LogP contribution in [0.2, 0.25) is 0 Å². The van der Waals surface area contributed by atoms with Gasteiger partial charge in [-0.05, 0) is 63.1 Å². The molecule has 0 unspecified atom stereocenters. The summed E-state index contributed by atoms with van der Waals surface area (Å²) in [7, 11) is 0.154. The molecule has 0 bridgehead atoms. The fraction of sp³-hybridized carbons (Fsp3) is 0.650. The summed E-state index contributed by atoms with van der Waals surface area (Å²) in [6, 6.07) is 5.55. The Morgan fingerprint density at radius 2 is 1.69 bits per heavy atom. The number of carbonyl (C=O) groups is 1. The average molecular weight is 383 g/mol. The first kappa shape index (κ1) is 20.7. The van der Waals surface area contributed by atoms with Crippen molar-refractivity contribution in [3.63, 3.8) is 0 Å². The number of ether oxygens (including phenoxy) is 2. The summed E-state index contributed by atoms with van der Waals surface area (Å²) in [6.07, 6.45) is 3.57. The van der Waals surface area contributed by atoms with Crippen LogP contribution < -0.4 is 9.47 Å². The minimum Gasteiger partial charge on any atom is -0.493 e. The monoisotopic (exact) mass is 382 g/mol. The number of methoxy groups -OCH3 is 2. The molecule has 1 aromatic carbocycles. The van der Waals surface area contributed by atoms with Crippen molar-refractivity contribution in [2.24, 2.45) is 11.8 Å². The van der Waals surface area contributed by atoms with E-state index in [0.717, 1.165) is 31.2 Å². The number of sulfone groups is 1. The molecule has 26 heavy (non-hydrogen) atoms. The third kappa shape index (κ3) is 5.22. The first-order valence-corrected chi connectivity index (χ1v) is 10.9. The second-order valence-electron chi connectivity index (χ2n) is 7.43.